The van der Waals surface area contributed by atoms with Gasteiger partial charge in [0.05, 0.1) is 19.3 Å². The van der Waals surface area contributed by atoms with Crippen LogP contribution in [0.5, 0.6) is 0 Å². The first kappa shape index (κ1) is 19.8. The van der Waals surface area contributed by atoms with Gasteiger partial charge in [-0.2, -0.15) is 0 Å². The van der Waals surface area contributed by atoms with Gasteiger partial charge in [0, 0.05) is 62.1 Å². The van der Waals surface area contributed by atoms with Crippen LogP contribution in [-0.4, -0.2) is 55.8 Å². The molecule has 2 saturated heterocycles. The third-order valence-electron chi connectivity index (χ3n) is 5.62. The maximum absolute atomic E-state index is 6.10. The fraction of sp³-hybridized carbons (Fsp3) is 0.476. The van der Waals surface area contributed by atoms with Gasteiger partial charge in [-0.15, -0.1) is 0 Å². The minimum absolute atomic E-state index is 0.276. The van der Waals surface area contributed by atoms with E-state index < -0.39 is 0 Å². The third kappa shape index (κ3) is 4.89. The van der Waals surface area contributed by atoms with Crippen LogP contribution in [-0.2, 0) is 4.74 Å². The molecular formula is C21H28ClN5O. The molecule has 0 spiro atoms. The molecule has 2 aromatic rings. The van der Waals surface area contributed by atoms with Crippen LogP contribution in [0.25, 0.3) is 0 Å². The van der Waals surface area contributed by atoms with Gasteiger partial charge < -0.3 is 10.1 Å². The minimum Gasteiger partial charge on any atom is -0.379 e. The number of nitrogens with one attached hydrogen (secondary N) is 3. The molecule has 1 aromatic heterocycles. The zero-order valence-corrected chi connectivity index (χ0v) is 16.7. The first-order chi connectivity index (χ1) is 13.8. The Balaban J connectivity index is 1.39. The molecule has 28 heavy (non-hydrogen) atoms. The van der Waals surface area contributed by atoms with Crippen LogP contribution >= 0.6 is 11.6 Å². The number of halogens is 1. The summed E-state index contributed by atoms with van der Waals surface area (Å²) in [5.74, 6) is 0.472. The maximum atomic E-state index is 6.10. The lowest BCUT2D eigenvalue weighted by Crippen LogP contribution is -2.43. The highest BCUT2D eigenvalue weighted by molar-refractivity contribution is 6.30. The highest BCUT2D eigenvalue weighted by atomic mass is 35.5. The normalized spacial score (nSPS) is 24.3. The Bertz CT molecular complexity index is 723. The van der Waals surface area contributed by atoms with Crippen molar-refractivity contribution >= 4 is 11.6 Å². The smallest absolute Gasteiger partial charge is 0.0594 e. The minimum atomic E-state index is 0.276. The number of hydrazine groups is 1. The van der Waals surface area contributed by atoms with Crippen molar-refractivity contribution in [2.75, 3.05) is 45.9 Å². The molecule has 1 aromatic carbocycles. The van der Waals surface area contributed by atoms with Crippen LogP contribution in [0.4, 0.5) is 0 Å². The molecule has 0 bridgehead atoms. The van der Waals surface area contributed by atoms with Gasteiger partial charge in [-0.05, 0) is 29.3 Å². The number of nitrogens with zero attached hydrogens (tertiary/aromatic N) is 2. The Morgan fingerprint density at radius 2 is 2.04 bits per heavy atom. The quantitative estimate of drug-likeness (QED) is 0.661. The molecule has 0 aliphatic carbocycles. The first-order valence-electron chi connectivity index (χ1n) is 9.97. The van der Waals surface area contributed by atoms with Crippen LogP contribution in [0.15, 0.2) is 48.8 Å². The number of hydrogen-bond acceptors (Lipinski definition) is 6. The summed E-state index contributed by atoms with van der Waals surface area (Å²) in [5, 5.41) is 4.50. The lowest BCUT2D eigenvalue weighted by atomic mass is 9.96. The van der Waals surface area contributed by atoms with E-state index in [1.165, 1.54) is 11.1 Å². The van der Waals surface area contributed by atoms with Gasteiger partial charge in [0.2, 0.25) is 0 Å². The molecule has 4 rings (SSSR count). The number of benzene rings is 1. The predicted molar refractivity (Wildman–Crippen MR) is 111 cm³/mol. The molecule has 0 saturated carbocycles. The van der Waals surface area contributed by atoms with Gasteiger partial charge in [0.15, 0.2) is 0 Å². The second-order valence-electron chi connectivity index (χ2n) is 7.42. The molecule has 0 radical (unpaired) electrons. The topological polar surface area (TPSA) is 61.5 Å². The number of hydrogen-bond donors (Lipinski definition) is 3. The van der Waals surface area contributed by atoms with Gasteiger partial charge in [-0.3, -0.25) is 15.3 Å². The third-order valence-corrected chi connectivity index (χ3v) is 5.87. The standard InChI is InChI=1S/C21H28ClN5O/c22-19-5-3-16(4-6-19)20(27-8-10-28-11-9-27)15-24-13-18-14-25-26-21(18)17-2-1-7-23-12-17/h1-7,12,18,20-21,24-26H,8-11,13-15H2. The predicted octanol–water partition coefficient (Wildman–Crippen LogP) is 2.16. The van der Waals surface area contributed by atoms with E-state index in [1.807, 2.05) is 30.6 Å². The zero-order chi connectivity index (χ0) is 19.2. The fourth-order valence-electron chi connectivity index (χ4n) is 4.08. The average molecular weight is 402 g/mol. The van der Waals surface area contributed by atoms with Crippen molar-refractivity contribution in [1.29, 1.82) is 0 Å². The zero-order valence-electron chi connectivity index (χ0n) is 16.0. The Morgan fingerprint density at radius 3 is 2.79 bits per heavy atom. The van der Waals surface area contributed by atoms with Crippen molar-refractivity contribution in [3.63, 3.8) is 0 Å². The van der Waals surface area contributed by atoms with Crippen molar-refractivity contribution in [2.24, 2.45) is 5.92 Å². The summed E-state index contributed by atoms with van der Waals surface area (Å²) in [4.78, 5) is 6.77. The van der Waals surface area contributed by atoms with E-state index in [1.54, 1.807) is 0 Å². The lowest BCUT2D eigenvalue weighted by molar-refractivity contribution is 0.0160. The molecule has 3 heterocycles. The van der Waals surface area contributed by atoms with Crippen LogP contribution in [0.1, 0.15) is 23.2 Å². The fourth-order valence-corrected chi connectivity index (χ4v) is 4.20. The van der Waals surface area contributed by atoms with Crippen molar-refractivity contribution in [3.05, 3.63) is 64.9 Å². The van der Waals surface area contributed by atoms with E-state index in [2.05, 4.69) is 44.3 Å². The second-order valence-corrected chi connectivity index (χ2v) is 7.86. The summed E-state index contributed by atoms with van der Waals surface area (Å²) < 4.78 is 5.55. The molecule has 2 aliphatic heterocycles. The average Bonchev–Trinajstić information content (AvgIpc) is 3.22. The molecular weight excluding hydrogens is 374 g/mol. The summed E-state index contributed by atoms with van der Waals surface area (Å²) in [7, 11) is 0. The largest absolute Gasteiger partial charge is 0.379 e. The first-order valence-corrected chi connectivity index (χ1v) is 10.4. The Morgan fingerprint density at radius 1 is 1.21 bits per heavy atom. The molecule has 3 unspecified atom stereocenters. The highest BCUT2D eigenvalue weighted by Gasteiger charge is 2.29. The number of pyridine rings is 1. The van der Waals surface area contributed by atoms with Crippen molar-refractivity contribution < 1.29 is 4.74 Å². The summed E-state index contributed by atoms with van der Waals surface area (Å²) in [5.41, 5.74) is 9.21. The maximum Gasteiger partial charge on any atom is 0.0594 e. The van der Waals surface area contributed by atoms with Crippen LogP contribution in [0.3, 0.4) is 0 Å². The van der Waals surface area contributed by atoms with Crippen LogP contribution < -0.4 is 16.2 Å². The van der Waals surface area contributed by atoms with Gasteiger partial charge in [-0.25, -0.2) is 5.43 Å². The summed E-state index contributed by atoms with van der Waals surface area (Å²) in [6.07, 6.45) is 3.76. The van der Waals surface area contributed by atoms with E-state index in [0.29, 0.717) is 12.0 Å². The number of morpholine rings is 1. The van der Waals surface area contributed by atoms with Gasteiger partial charge in [0.1, 0.15) is 0 Å². The second kappa shape index (κ2) is 9.78. The molecule has 150 valence electrons. The molecule has 7 heteroatoms. The van der Waals surface area contributed by atoms with Crippen LogP contribution in [0, 0.1) is 5.92 Å². The van der Waals surface area contributed by atoms with Gasteiger partial charge in [0.25, 0.3) is 0 Å². The lowest BCUT2D eigenvalue weighted by Gasteiger charge is -2.35. The molecule has 3 N–H and O–H groups in total. The van der Waals surface area contributed by atoms with Gasteiger partial charge in [-0.1, -0.05) is 29.8 Å². The monoisotopic (exact) mass is 401 g/mol. The molecule has 0 amide bonds. The van der Waals surface area contributed by atoms with Crippen molar-refractivity contribution in [2.45, 2.75) is 12.1 Å². The Hall–Kier alpha value is -1.54. The number of rotatable bonds is 7. The van der Waals surface area contributed by atoms with E-state index >= 15 is 0 Å². The Labute approximate surface area is 171 Å². The van der Waals surface area contributed by atoms with E-state index in [-0.39, 0.29) is 6.04 Å². The summed E-state index contributed by atoms with van der Waals surface area (Å²) in [6.45, 7) is 6.29. The SMILES string of the molecule is Clc1ccc(C(CNCC2CNNC2c2cccnc2)N2CCOCC2)cc1. The Kier molecular flexibility index (Phi) is 6.90. The number of ether oxygens (including phenoxy) is 1. The van der Waals surface area contributed by atoms with Crippen molar-refractivity contribution in [3.8, 4) is 0 Å². The highest BCUT2D eigenvalue weighted by Crippen LogP contribution is 2.25. The molecule has 6 nitrogen and oxygen atoms in total. The summed E-state index contributed by atoms with van der Waals surface area (Å²) >= 11 is 6.10. The van der Waals surface area contributed by atoms with E-state index in [4.69, 9.17) is 16.3 Å². The molecule has 2 fully saturated rings. The van der Waals surface area contributed by atoms with Crippen molar-refractivity contribution in [1.82, 2.24) is 26.1 Å². The number of aromatic nitrogens is 1. The van der Waals surface area contributed by atoms with E-state index in [0.717, 1.165) is 51.0 Å². The van der Waals surface area contributed by atoms with Crippen LogP contribution in [0.2, 0.25) is 5.02 Å². The van der Waals surface area contributed by atoms with Gasteiger partial charge >= 0.3 is 0 Å². The molecule has 3 atom stereocenters. The summed E-state index contributed by atoms with van der Waals surface area (Å²) in [6, 6.07) is 13.0. The van der Waals surface area contributed by atoms with E-state index in [9.17, 15) is 0 Å². The molecule has 2 aliphatic rings.